The second-order valence-electron chi connectivity index (χ2n) is 7.45. The van der Waals surface area contributed by atoms with Gasteiger partial charge in [0.25, 0.3) is 0 Å². The molecule has 1 amide bonds. The van der Waals surface area contributed by atoms with Crippen LogP contribution in [0.1, 0.15) is 65.7 Å². The first-order valence-electron chi connectivity index (χ1n) is 9.16. The van der Waals surface area contributed by atoms with E-state index < -0.39 is 0 Å². The summed E-state index contributed by atoms with van der Waals surface area (Å²) in [5.74, 6) is 1.58. The van der Waals surface area contributed by atoms with E-state index in [0.717, 1.165) is 18.3 Å². The number of hydrogen-bond donors (Lipinski definition) is 2. The van der Waals surface area contributed by atoms with E-state index in [0.29, 0.717) is 12.1 Å². The second-order valence-corrected chi connectivity index (χ2v) is 7.45. The molecule has 1 aliphatic carbocycles. The molecule has 0 aromatic heterocycles. The maximum atomic E-state index is 11.8. The first-order valence-corrected chi connectivity index (χ1v) is 9.16. The van der Waals surface area contributed by atoms with Crippen LogP contribution in [0.3, 0.4) is 0 Å². The monoisotopic (exact) mass is 324 g/mol. The quantitative estimate of drug-likeness (QED) is 0.533. The molecule has 1 fully saturated rings. The number of aliphatic imine (C=N–C) groups is 1. The Kier molecular flexibility index (Phi) is 9.03. The summed E-state index contributed by atoms with van der Waals surface area (Å²) in [6, 6.07) is 0.870. The van der Waals surface area contributed by atoms with Gasteiger partial charge in [0.1, 0.15) is 6.54 Å². The van der Waals surface area contributed by atoms with Crippen molar-refractivity contribution in [1.29, 1.82) is 0 Å². The lowest BCUT2D eigenvalue weighted by atomic mass is 10.0. The number of likely N-dealkylation sites (N-methyl/N-ethyl adjacent to an activating group) is 1. The van der Waals surface area contributed by atoms with Crippen molar-refractivity contribution in [2.45, 2.75) is 77.8 Å². The van der Waals surface area contributed by atoms with Gasteiger partial charge in [-0.2, -0.15) is 0 Å². The molecule has 0 radical (unpaired) electrons. The van der Waals surface area contributed by atoms with Gasteiger partial charge in [0.15, 0.2) is 5.96 Å². The lowest BCUT2D eigenvalue weighted by Gasteiger charge is -2.22. The Labute approximate surface area is 142 Å². The van der Waals surface area contributed by atoms with Crippen molar-refractivity contribution >= 4 is 11.9 Å². The summed E-state index contributed by atoms with van der Waals surface area (Å²) in [5.41, 5.74) is 0. The van der Waals surface area contributed by atoms with Crippen molar-refractivity contribution in [3.8, 4) is 0 Å². The number of amides is 1. The molecule has 1 atom stereocenters. The van der Waals surface area contributed by atoms with Crippen LogP contribution < -0.4 is 10.6 Å². The van der Waals surface area contributed by atoms with E-state index >= 15 is 0 Å². The Morgan fingerprint density at radius 2 is 1.83 bits per heavy atom. The minimum absolute atomic E-state index is 0.0324. The Morgan fingerprint density at radius 3 is 2.39 bits per heavy atom. The highest BCUT2D eigenvalue weighted by Crippen LogP contribution is 2.17. The van der Waals surface area contributed by atoms with Gasteiger partial charge in [-0.05, 0) is 32.1 Å². The van der Waals surface area contributed by atoms with E-state index in [2.05, 4.69) is 36.4 Å². The first kappa shape index (κ1) is 19.8. The third kappa shape index (κ3) is 8.82. The van der Waals surface area contributed by atoms with Crippen molar-refractivity contribution in [2.75, 3.05) is 20.6 Å². The van der Waals surface area contributed by atoms with Gasteiger partial charge in [0, 0.05) is 26.2 Å². The molecule has 0 heterocycles. The zero-order valence-corrected chi connectivity index (χ0v) is 15.7. The SMILES string of the molecule is CC(C)CCCC(C)NC(=NCC(=O)N(C)C)NC1CCCC1. The number of hydrogen-bond acceptors (Lipinski definition) is 2. The highest BCUT2D eigenvalue weighted by Gasteiger charge is 2.17. The van der Waals surface area contributed by atoms with Gasteiger partial charge in [-0.15, -0.1) is 0 Å². The summed E-state index contributed by atoms with van der Waals surface area (Å²) < 4.78 is 0. The van der Waals surface area contributed by atoms with Gasteiger partial charge in [0.05, 0.1) is 0 Å². The molecular formula is C18H36N4O. The largest absolute Gasteiger partial charge is 0.354 e. The fraction of sp³-hybridized carbons (Fsp3) is 0.889. The van der Waals surface area contributed by atoms with Crippen LogP contribution in [0.25, 0.3) is 0 Å². The number of carbonyl (C=O) groups excluding carboxylic acids is 1. The maximum Gasteiger partial charge on any atom is 0.243 e. The summed E-state index contributed by atoms with van der Waals surface area (Å²) >= 11 is 0. The van der Waals surface area contributed by atoms with Crippen LogP contribution in [-0.4, -0.2) is 49.5 Å². The van der Waals surface area contributed by atoms with Crippen molar-refractivity contribution < 1.29 is 4.79 Å². The van der Waals surface area contributed by atoms with Crippen LogP contribution in [0, 0.1) is 5.92 Å². The van der Waals surface area contributed by atoms with E-state index in [-0.39, 0.29) is 12.5 Å². The summed E-state index contributed by atoms with van der Waals surface area (Å²) in [7, 11) is 3.54. The number of rotatable bonds is 8. The average molecular weight is 325 g/mol. The van der Waals surface area contributed by atoms with E-state index in [1.54, 1.807) is 19.0 Å². The third-order valence-corrected chi connectivity index (χ3v) is 4.37. The summed E-state index contributed by atoms with van der Waals surface area (Å²) in [4.78, 5) is 17.9. The molecular weight excluding hydrogens is 288 g/mol. The zero-order chi connectivity index (χ0) is 17.2. The lowest BCUT2D eigenvalue weighted by molar-refractivity contribution is -0.127. The summed E-state index contributed by atoms with van der Waals surface area (Å²) in [6.45, 7) is 6.92. The zero-order valence-electron chi connectivity index (χ0n) is 15.7. The average Bonchev–Trinajstić information content (AvgIpc) is 2.96. The minimum atomic E-state index is 0.0324. The molecule has 1 saturated carbocycles. The molecule has 0 aromatic rings. The smallest absolute Gasteiger partial charge is 0.243 e. The predicted octanol–water partition coefficient (Wildman–Crippen LogP) is 2.77. The Bertz CT molecular complexity index is 373. The molecule has 2 N–H and O–H groups in total. The maximum absolute atomic E-state index is 11.8. The molecule has 1 rings (SSSR count). The number of carbonyl (C=O) groups is 1. The van der Waals surface area contributed by atoms with Crippen molar-refractivity contribution in [3.63, 3.8) is 0 Å². The normalized spacial score (nSPS) is 17.4. The summed E-state index contributed by atoms with van der Waals surface area (Å²) in [5, 5.41) is 6.99. The molecule has 1 unspecified atom stereocenters. The predicted molar refractivity (Wildman–Crippen MR) is 97.7 cm³/mol. The van der Waals surface area contributed by atoms with Crippen LogP contribution in [0.4, 0.5) is 0 Å². The second kappa shape index (κ2) is 10.5. The van der Waals surface area contributed by atoms with Crippen LogP contribution in [0.15, 0.2) is 4.99 Å². The Morgan fingerprint density at radius 1 is 1.17 bits per heavy atom. The van der Waals surface area contributed by atoms with Gasteiger partial charge in [-0.1, -0.05) is 39.5 Å². The van der Waals surface area contributed by atoms with Crippen LogP contribution >= 0.6 is 0 Å². The third-order valence-electron chi connectivity index (χ3n) is 4.37. The molecule has 5 nitrogen and oxygen atoms in total. The lowest BCUT2D eigenvalue weighted by Crippen LogP contribution is -2.46. The number of nitrogens with one attached hydrogen (secondary N) is 2. The van der Waals surface area contributed by atoms with Crippen LogP contribution in [0.5, 0.6) is 0 Å². The number of nitrogens with zero attached hydrogens (tertiary/aromatic N) is 2. The molecule has 5 heteroatoms. The van der Waals surface area contributed by atoms with Crippen LogP contribution in [0.2, 0.25) is 0 Å². The molecule has 0 spiro atoms. The minimum Gasteiger partial charge on any atom is -0.354 e. The van der Waals surface area contributed by atoms with Crippen LogP contribution in [-0.2, 0) is 4.79 Å². The fourth-order valence-corrected chi connectivity index (χ4v) is 2.82. The highest BCUT2D eigenvalue weighted by molar-refractivity contribution is 5.85. The number of guanidine groups is 1. The molecule has 0 aromatic carbocycles. The van der Waals surface area contributed by atoms with E-state index in [1.165, 1.54) is 38.5 Å². The van der Waals surface area contributed by atoms with Gasteiger partial charge >= 0.3 is 0 Å². The standard InChI is InChI=1S/C18H36N4O/c1-14(2)9-8-10-15(3)20-18(19-13-17(23)22(4)5)21-16-11-6-7-12-16/h14-16H,6-13H2,1-5H3,(H2,19,20,21). The Balaban J connectivity index is 2.51. The van der Waals surface area contributed by atoms with Gasteiger partial charge in [-0.25, -0.2) is 4.99 Å². The van der Waals surface area contributed by atoms with E-state index in [4.69, 9.17) is 0 Å². The van der Waals surface area contributed by atoms with Gasteiger partial charge < -0.3 is 15.5 Å². The highest BCUT2D eigenvalue weighted by atomic mass is 16.2. The van der Waals surface area contributed by atoms with E-state index in [1.807, 2.05) is 0 Å². The fourth-order valence-electron chi connectivity index (χ4n) is 2.82. The topological polar surface area (TPSA) is 56.7 Å². The molecule has 0 bridgehead atoms. The van der Waals surface area contributed by atoms with E-state index in [9.17, 15) is 4.79 Å². The molecule has 23 heavy (non-hydrogen) atoms. The molecule has 0 aliphatic heterocycles. The molecule has 134 valence electrons. The molecule has 0 saturated heterocycles. The van der Waals surface area contributed by atoms with Gasteiger partial charge in [0.2, 0.25) is 5.91 Å². The molecule has 1 aliphatic rings. The van der Waals surface area contributed by atoms with Crippen molar-refractivity contribution in [1.82, 2.24) is 15.5 Å². The first-order chi connectivity index (χ1) is 10.9. The summed E-state index contributed by atoms with van der Waals surface area (Å²) in [6.07, 6.45) is 8.57. The van der Waals surface area contributed by atoms with Gasteiger partial charge in [-0.3, -0.25) is 4.79 Å². The van der Waals surface area contributed by atoms with Crippen molar-refractivity contribution in [3.05, 3.63) is 0 Å². The van der Waals surface area contributed by atoms with Crippen molar-refractivity contribution in [2.24, 2.45) is 10.9 Å². The Hall–Kier alpha value is -1.26.